The zero-order valence-electron chi connectivity index (χ0n) is 15.9. The third-order valence-corrected chi connectivity index (χ3v) is 5.32. The Morgan fingerprint density at radius 2 is 1.93 bits per heavy atom. The molecular formula is C21H24FN3O3. The predicted molar refractivity (Wildman–Crippen MR) is 101 cm³/mol. The van der Waals surface area contributed by atoms with E-state index in [1.54, 1.807) is 18.2 Å². The molecule has 2 aliphatic rings. The molecule has 0 aliphatic carbocycles. The van der Waals surface area contributed by atoms with E-state index < -0.39 is 0 Å². The van der Waals surface area contributed by atoms with Crippen molar-refractivity contribution in [3.8, 4) is 11.6 Å². The molecule has 1 amide bonds. The number of hydrogen-bond donors (Lipinski definition) is 0. The molecule has 28 heavy (non-hydrogen) atoms. The van der Waals surface area contributed by atoms with Crippen LogP contribution in [0.2, 0.25) is 0 Å². The van der Waals surface area contributed by atoms with E-state index in [1.807, 2.05) is 11.8 Å². The van der Waals surface area contributed by atoms with Gasteiger partial charge in [0.2, 0.25) is 11.8 Å². The van der Waals surface area contributed by atoms with Crippen molar-refractivity contribution in [2.24, 2.45) is 5.92 Å². The van der Waals surface area contributed by atoms with Gasteiger partial charge >= 0.3 is 0 Å². The fourth-order valence-corrected chi connectivity index (χ4v) is 3.79. The molecule has 148 valence electrons. The average Bonchev–Trinajstić information content (AvgIpc) is 3.20. The molecule has 2 aromatic rings. The molecule has 0 unspecified atom stereocenters. The summed E-state index contributed by atoms with van der Waals surface area (Å²) in [5.41, 5.74) is 0.802. The highest BCUT2D eigenvalue weighted by Crippen LogP contribution is 2.30. The van der Waals surface area contributed by atoms with Crippen LogP contribution in [0.5, 0.6) is 11.6 Å². The number of carbonyl (C=O) groups excluding carboxylic acids is 1. The number of likely N-dealkylation sites (tertiary alicyclic amines) is 1. The third-order valence-electron chi connectivity index (χ3n) is 5.32. The number of benzene rings is 1. The summed E-state index contributed by atoms with van der Waals surface area (Å²) in [5.74, 6) is 1.73. The molecule has 0 radical (unpaired) electrons. The van der Waals surface area contributed by atoms with Crippen LogP contribution >= 0.6 is 0 Å². The van der Waals surface area contributed by atoms with E-state index in [2.05, 4.69) is 9.97 Å². The van der Waals surface area contributed by atoms with Crippen molar-refractivity contribution >= 4 is 5.91 Å². The number of halogens is 1. The summed E-state index contributed by atoms with van der Waals surface area (Å²) >= 11 is 0. The van der Waals surface area contributed by atoms with Crippen LogP contribution in [-0.2, 0) is 9.53 Å². The van der Waals surface area contributed by atoms with Gasteiger partial charge in [-0.05, 0) is 50.5 Å². The highest BCUT2D eigenvalue weighted by atomic mass is 19.1. The SMILES string of the molecule is Cc1cc(Oc2ccc(F)cc2)nc([C@@H]2CCN(C(=O)C3CCOCC3)C2)n1. The summed E-state index contributed by atoms with van der Waals surface area (Å²) in [7, 11) is 0. The van der Waals surface area contributed by atoms with Crippen molar-refractivity contribution in [3.63, 3.8) is 0 Å². The smallest absolute Gasteiger partial charge is 0.225 e. The van der Waals surface area contributed by atoms with E-state index in [0.29, 0.717) is 37.2 Å². The van der Waals surface area contributed by atoms with E-state index in [1.165, 1.54) is 12.1 Å². The van der Waals surface area contributed by atoms with Crippen molar-refractivity contribution in [2.75, 3.05) is 26.3 Å². The van der Waals surface area contributed by atoms with E-state index in [4.69, 9.17) is 9.47 Å². The maximum Gasteiger partial charge on any atom is 0.225 e. The number of hydrogen-bond acceptors (Lipinski definition) is 5. The van der Waals surface area contributed by atoms with Crippen LogP contribution < -0.4 is 4.74 Å². The number of aryl methyl sites for hydroxylation is 1. The van der Waals surface area contributed by atoms with Gasteiger partial charge in [0, 0.05) is 49.9 Å². The van der Waals surface area contributed by atoms with Gasteiger partial charge in [-0.25, -0.2) is 9.37 Å². The van der Waals surface area contributed by atoms with Crippen molar-refractivity contribution in [2.45, 2.75) is 32.1 Å². The van der Waals surface area contributed by atoms with Gasteiger partial charge in [0.05, 0.1) is 0 Å². The zero-order valence-corrected chi connectivity index (χ0v) is 15.9. The van der Waals surface area contributed by atoms with Crippen LogP contribution in [0, 0.1) is 18.7 Å². The first kappa shape index (κ1) is 18.8. The molecule has 7 heteroatoms. The Bertz CT molecular complexity index is 837. The second-order valence-electron chi connectivity index (χ2n) is 7.42. The molecule has 1 aromatic heterocycles. The second-order valence-corrected chi connectivity index (χ2v) is 7.42. The van der Waals surface area contributed by atoms with Crippen LogP contribution in [0.1, 0.15) is 36.7 Å². The lowest BCUT2D eigenvalue weighted by molar-refractivity contribution is -0.137. The van der Waals surface area contributed by atoms with Crippen LogP contribution in [0.25, 0.3) is 0 Å². The molecular weight excluding hydrogens is 361 g/mol. The summed E-state index contributed by atoms with van der Waals surface area (Å²) in [6, 6.07) is 7.58. The monoisotopic (exact) mass is 385 g/mol. The largest absolute Gasteiger partial charge is 0.439 e. The number of carbonyl (C=O) groups is 1. The Morgan fingerprint density at radius 1 is 1.18 bits per heavy atom. The van der Waals surface area contributed by atoms with E-state index in [-0.39, 0.29) is 23.6 Å². The Labute approximate surface area is 163 Å². The minimum atomic E-state index is -0.313. The van der Waals surface area contributed by atoms with Gasteiger partial charge in [0.1, 0.15) is 17.4 Å². The van der Waals surface area contributed by atoms with Gasteiger partial charge in [0.15, 0.2) is 0 Å². The lowest BCUT2D eigenvalue weighted by Gasteiger charge is -2.26. The van der Waals surface area contributed by atoms with Gasteiger partial charge in [-0.1, -0.05) is 0 Å². The van der Waals surface area contributed by atoms with Gasteiger partial charge < -0.3 is 14.4 Å². The quantitative estimate of drug-likeness (QED) is 0.807. The van der Waals surface area contributed by atoms with Crippen molar-refractivity contribution in [1.29, 1.82) is 0 Å². The minimum absolute atomic E-state index is 0.0725. The average molecular weight is 385 g/mol. The number of rotatable bonds is 4. The number of nitrogens with zero attached hydrogens (tertiary/aromatic N) is 3. The molecule has 0 spiro atoms. The summed E-state index contributed by atoms with van der Waals surface area (Å²) in [4.78, 5) is 23.8. The minimum Gasteiger partial charge on any atom is -0.439 e. The third kappa shape index (κ3) is 4.30. The fourth-order valence-electron chi connectivity index (χ4n) is 3.79. The van der Waals surface area contributed by atoms with Crippen molar-refractivity contribution in [1.82, 2.24) is 14.9 Å². The van der Waals surface area contributed by atoms with E-state index >= 15 is 0 Å². The first-order chi connectivity index (χ1) is 13.6. The fraction of sp³-hybridized carbons (Fsp3) is 0.476. The normalized spacial score (nSPS) is 20.4. The highest BCUT2D eigenvalue weighted by molar-refractivity contribution is 5.79. The summed E-state index contributed by atoms with van der Waals surface area (Å²) in [5, 5.41) is 0. The number of aromatic nitrogens is 2. The first-order valence-electron chi connectivity index (χ1n) is 9.74. The molecule has 1 aromatic carbocycles. The molecule has 0 N–H and O–H groups in total. The summed E-state index contributed by atoms with van der Waals surface area (Å²) in [6.07, 6.45) is 2.45. The maximum absolute atomic E-state index is 13.1. The van der Waals surface area contributed by atoms with Gasteiger partial charge in [-0.2, -0.15) is 4.98 Å². The van der Waals surface area contributed by atoms with Gasteiger partial charge in [0.25, 0.3) is 0 Å². The van der Waals surface area contributed by atoms with E-state index in [0.717, 1.165) is 31.5 Å². The molecule has 2 aliphatic heterocycles. The standard InChI is InChI=1S/C21H24FN3O3/c1-14-12-19(28-18-4-2-17(22)3-5-18)24-20(23-14)16-6-9-25(13-16)21(26)15-7-10-27-11-8-15/h2-5,12,15-16H,6-11,13H2,1H3/t16-/m1/s1. The van der Waals surface area contributed by atoms with Crippen molar-refractivity contribution in [3.05, 3.63) is 47.7 Å². The second kappa shape index (κ2) is 8.22. The number of ether oxygens (including phenoxy) is 2. The maximum atomic E-state index is 13.1. The predicted octanol–water partition coefficient (Wildman–Crippen LogP) is 3.46. The molecule has 6 nitrogen and oxygen atoms in total. The Kier molecular flexibility index (Phi) is 5.52. The molecule has 2 saturated heterocycles. The molecule has 2 fully saturated rings. The molecule has 0 bridgehead atoms. The number of amides is 1. The Morgan fingerprint density at radius 3 is 2.68 bits per heavy atom. The molecule has 3 heterocycles. The lowest BCUT2D eigenvalue weighted by atomic mass is 9.99. The summed E-state index contributed by atoms with van der Waals surface area (Å²) < 4.78 is 24.2. The first-order valence-corrected chi connectivity index (χ1v) is 9.74. The lowest BCUT2D eigenvalue weighted by Crippen LogP contribution is -2.37. The zero-order chi connectivity index (χ0) is 19.5. The summed E-state index contributed by atoms with van der Waals surface area (Å²) in [6.45, 7) is 4.59. The molecule has 1 atom stereocenters. The Balaban J connectivity index is 1.44. The molecule has 4 rings (SSSR count). The van der Waals surface area contributed by atoms with Gasteiger partial charge in [-0.15, -0.1) is 0 Å². The van der Waals surface area contributed by atoms with Crippen LogP contribution in [-0.4, -0.2) is 47.1 Å². The van der Waals surface area contributed by atoms with Crippen LogP contribution in [0.15, 0.2) is 30.3 Å². The van der Waals surface area contributed by atoms with E-state index in [9.17, 15) is 9.18 Å². The topological polar surface area (TPSA) is 64.5 Å². The van der Waals surface area contributed by atoms with Crippen LogP contribution in [0.3, 0.4) is 0 Å². The van der Waals surface area contributed by atoms with Gasteiger partial charge in [-0.3, -0.25) is 4.79 Å². The Hall–Kier alpha value is -2.54. The highest BCUT2D eigenvalue weighted by Gasteiger charge is 2.33. The van der Waals surface area contributed by atoms with Crippen LogP contribution in [0.4, 0.5) is 4.39 Å². The molecule has 0 saturated carbocycles. The van der Waals surface area contributed by atoms with Crippen molar-refractivity contribution < 1.29 is 18.7 Å².